The summed E-state index contributed by atoms with van der Waals surface area (Å²) in [6.45, 7) is 8.13. The van der Waals surface area contributed by atoms with Crippen LogP contribution in [-0.2, 0) is 6.54 Å². The summed E-state index contributed by atoms with van der Waals surface area (Å²) in [6.07, 6.45) is 0. The number of hydrogen-bond acceptors (Lipinski definition) is 3. The number of nitrogens with one attached hydrogen (secondary N) is 1. The normalized spacial score (nSPS) is 10.6. The third-order valence-electron chi connectivity index (χ3n) is 3.55. The SMILES string of the molecule is CCN(c1ccc(CNC)c(C)n1)c1ccccc1C. The van der Waals surface area contributed by atoms with Gasteiger partial charge in [-0.1, -0.05) is 24.3 Å². The highest BCUT2D eigenvalue weighted by Gasteiger charge is 2.11. The standard InChI is InChI=1S/C17H23N3/c1-5-20(16-9-7-6-8-13(16)2)17-11-10-15(12-18-4)14(3)19-17/h6-11,18H,5,12H2,1-4H3. The Bertz CT molecular complexity index is 578. The van der Waals surface area contributed by atoms with Crippen molar-refractivity contribution in [3.63, 3.8) is 0 Å². The Morgan fingerprint density at radius 2 is 1.85 bits per heavy atom. The molecule has 20 heavy (non-hydrogen) atoms. The number of benzene rings is 1. The molecule has 0 atom stereocenters. The van der Waals surface area contributed by atoms with Crippen molar-refractivity contribution in [2.24, 2.45) is 0 Å². The quantitative estimate of drug-likeness (QED) is 0.899. The first kappa shape index (κ1) is 14.5. The molecule has 1 N–H and O–H groups in total. The van der Waals surface area contributed by atoms with Crippen LogP contribution in [0.25, 0.3) is 0 Å². The molecule has 1 aromatic carbocycles. The molecule has 2 rings (SSSR count). The van der Waals surface area contributed by atoms with E-state index in [-0.39, 0.29) is 0 Å². The van der Waals surface area contributed by atoms with Gasteiger partial charge in [0.05, 0.1) is 0 Å². The molecular formula is C17H23N3. The van der Waals surface area contributed by atoms with Gasteiger partial charge in [-0.15, -0.1) is 0 Å². The van der Waals surface area contributed by atoms with E-state index in [9.17, 15) is 0 Å². The smallest absolute Gasteiger partial charge is 0.133 e. The number of hydrogen-bond donors (Lipinski definition) is 1. The molecule has 0 radical (unpaired) electrons. The first-order valence-electron chi connectivity index (χ1n) is 7.11. The van der Waals surface area contributed by atoms with Crippen molar-refractivity contribution in [3.8, 4) is 0 Å². The third-order valence-corrected chi connectivity index (χ3v) is 3.55. The van der Waals surface area contributed by atoms with Crippen LogP contribution in [0.5, 0.6) is 0 Å². The Morgan fingerprint density at radius 3 is 2.45 bits per heavy atom. The van der Waals surface area contributed by atoms with Gasteiger partial charge in [0, 0.05) is 24.5 Å². The first-order valence-corrected chi connectivity index (χ1v) is 7.11. The van der Waals surface area contributed by atoms with Gasteiger partial charge < -0.3 is 10.2 Å². The Balaban J connectivity index is 2.38. The Kier molecular flexibility index (Phi) is 4.74. The summed E-state index contributed by atoms with van der Waals surface area (Å²) in [5.41, 5.74) is 4.83. The van der Waals surface area contributed by atoms with E-state index in [0.717, 1.165) is 24.6 Å². The topological polar surface area (TPSA) is 28.2 Å². The van der Waals surface area contributed by atoms with E-state index < -0.39 is 0 Å². The van der Waals surface area contributed by atoms with E-state index in [0.29, 0.717) is 0 Å². The molecule has 0 amide bonds. The second-order valence-corrected chi connectivity index (χ2v) is 4.98. The van der Waals surface area contributed by atoms with Gasteiger partial charge in [0.2, 0.25) is 0 Å². The van der Waals surface area contributed by atoms with Crippen LogP contribution in [-0.4, -0.2) is 18.6 Å². The fourth-order valence-electron chi connectivity index (χ4n) is 2.43. The summed E-state index contributed by atoms with van der Waals surface area (Å²) in [7, 11) is 1.96. The first-order chi connectivity index (χ1) is 9.67. The third kappa shape index (κ3) is 2.99. The van der Waals surface area contributed by atoms with Crippen LogP contribution in [0.1, 0.15) is 23.7 Å². The van der Waals surface area contributed by atoms with Crippen molar-refractivity contribution < 1.29 is 0 Å². The van der Waals surface area contributed by atoms with Crippen LogP contribution in [0.2, 0.25) is 0 Å². The van der Waals surface area contributed by atoms with Crippen molar-refractivity contribution in [3.05, 3.63) is 53.2 Å². The molecule has 3 heteroatoms. The second kappa shape index (κ2) is 6.53. The Labute approximate surface area is 121 Å². The summed E-state index contributed by atoms with van der Waals surface area (Å²) in [5.74, 6) is 1.01. The summed E-state index contributed by atoms with van der Waals surface area (Å²) >= 11 is 0. The summed E-state index contributed by atoms with van der Waals surface area (Å²) in [5, 5.41) is 3.17. The van der Waals surface area contributed by atoms with Gasteiger partial charge in [0.1, 0.15) is 5.82 Å². The molecule has 0 aliphatic rings. The molecule has 0 aliphatic heterocycles. The molecule has 0 spiro atoms. The fourth-order valence-corrected chi connectivity index (χ4v) is 2.43. The largest absolute Gasteiger partial charge is 0.326 e. The lowest BCUT2D eigenvalue weighted by molar-refractivity contribution is 0.803. The highest BCUT2D eigenvalue weighted by Crippen LogP contribution is 2.27. The zero-order valence-electron chi connectivity index (χ0n) is 12.8. The van der Waals surface area contributed by atoms with Crippen molar-refractivity contribution in [2.45, 2.75) is 27.3 Å². The molecule has 1 heterocycles. The predicted molar refractivity (Wildman–Crippen MR) is 85.6 cm³/mol. The van der Waals surface area contributed by atoms with E-state index >= 15 is 0 Å². The zero-order valence-corrected chi connectivity index (χ0v) is 12.8. The number of pyridine rings is 1. The minimum atomic E-state index is 0.857. The number of aryl methyl sites for hydroxylation is 2. The van der Waals surface area contributed by atoms with E-state index in [4.69, 9.17) is 4.98 Å². The van der Waals surface area contributed by atoms with Crippen LogP contribution < -0.4 is 10.2 Å². The minimum Gasteiger partial charge on any atom is -0.326 e. The van der Waals surface area contributed by atoms with Crippen LogP contribution in [0, 0.1) is 13.8 Å². The summed E-state index contributed by atoms with van der Waals surface area (Å²) < 4.78 is 0. The molecule has 0 unspecified atom stereocenters. The minimum absolute atomic E-state index is 0.857. The molecule has 0 bridgehead atoms. The number of aromatic nitrogens is 1. The number of anilines is 2. The molecular weight excluding hydrogens is 246 g/mol. The average Bonchev–Trinajstić information content (AvgIpc) is 2.45. The Morgan fingerprint density at radius 1 is 1.10 bits per heavy atom. The van der Waals surface area contributed by atoms with E-state index in [1.54, 1.807) is 0 Å². The van der Waals surface area contributed by atoms with Crippen LogP contribution >= 0.6 is 0 Å². The predicted octanol–water partition coefficient (Wildman–Crippen LogP) is 3.58. The molecule has 2 aromatic rings. The maximum absolute atomic E-state index is 4.77. The molecule has 0 fully saturated rings. The van der Waals surface area contributed by atoms with Crippen LogP contribution in [0.3, 0.4) is 0 Å². The molecule has 0 saturated heterocycles. The number of para-hydroxylation sites is 1. The fraction of sp³-hybridized carbons (Fsp3) is 0.353. The lowest BCUT2D eigenvalue weighted by Crippen LogP contribution is -2.19. The lowest BCUT2D eigenvalue weighted by Gasteiger charge is -2.24. The summed E-state index contributed by atoms with van der Waals surface area (Å²) in [4.78, 5) is 7.02. The van der Waals surface area contributed by atoms with E-state index in [2.05, 4.69) is 67.4 Å². The maximum Gasteiger partial charge on any atom is 0.133 e. The van der Waals surface area contributed by atoms with Gasteiger partial charge in [-0.25, -0.2) is 4.98 Å². The van der Waals surface area contributed by atoms with E-state index in [1.807, 2.05) is 7.05 Å². The van der Waals surface area contributed by atoms with Crippen molar-refractivity contribution >= 4 is 11.5 Å². The van der Waals surface area contributed by atoms with Crippen molar-refractivity contribution in [2.75, 3.05) is 18.5 Å². The molecule has 106 valence electrons. The monoisotopic (exact) mass is 269 g/mol. The maximum atomic E-state index is 4.77. The van der Waals surface area contributed by atoms with E-state index in [1.165, 1.54) is 16.8 Å². The Hall–Kier alpha value is -1.87. The van der Waals surface area contributed by atoms with Gasteiger partial charge in [0.25, 0.3) is 0 Å². The lowest BCUT2D eigenvalue weighted by atomic mass is 10.1. The van der Waals surface area contributed by atoms with Gasteiger partial charge in [-0.05, 0) is 51.1 Å². The van der Waals surface area contributed by atoms with Crippen LogP contribution in [0.15, 0.2) is 36.4 Å². The molecule has 1 aromatic heterocycles. The number of nitrogens with zero attached hydrogens (tertiary/aromatic N) is 2. The molecule has 0 aliphatic carbocycles. The van der Waals surface area contributed by atoms with Crippen molar-refractivity contribution in [1.29, 1.82) is 0 Å². The highest BCUT2D eigenvalue weighted by atomic mass is 15.2. The van der Waals surface area contributed by atoms with Gasteiger partial charge >= 0.3 is 0 Å². The zero-order chi connectivity index (χ0) is 14.5. The van der Waals surface area contributed by atoms with Crippen molar-refractivity contribution in [1.82, 2.24) is 10.3 Å². The molecule has 0 saturated carbocycles. The summed E-state index contributed by atoms with van der Waals surface area (Å²) in [6, 6.07) is 12.7. The second-order valence-electron chi connectivity index (χ2n) is 4.98. The average molecular weight is 269 g/mol. The van der Waals surface area contributed by atoms with Gasteiger partial charge in [0.15, 0.2) is 0 Å². The number of rotatable bonds is 5. The highest BCUT2D eigenvalue weighted by molar-refractivity contribution is 5.63. The molecule has 3 nitrogen and oxygen atoms in total. The van der Waals surface area contributed by atoms with Gasteiger partial charge in [-0.3, -0.25) is 0 Å². The van der Waals surface area contributed by atoms with Gasteiger partial charge in [-0.2, -0.15) is 0 Å². The van der Waals surface area contributed by atoms with Crippen LogP contribution in [0.4, 0.5) is 11.5 Å².